The van der Waals surface area contributed by atoms with Crippen molar-refractivity contribution < 1.29 is 9.47 Å². The lowest BCUT2D eigenvalue weighted by Gasteiger charge is -2.22. The molecule has 0 aliphatic carbocycles. The van der Waals surface area contributed by atoms with Crippen LogP contribution in [0.3, 0.4) is 0 Å². The third-order valence-corrected chi connectivity index (χ3v) is 4.43. The summed E-state index contributed by atoms with van der Waals surface area (Å²) in [7, 11) is 1.84. The Morgan fingerprint density at radius 2 is 2.29 bits per heavy atom. The Bertz CT molecular complexity index is 533. The summed E-state index contributed by atoms with van der Waals surface area (Å²) < 4.78 is 11.2. The van der Waals surface area contributed by atoms with E-state index in [4.69, 9.17) is 9.47 Å². The number of nitrogens with zero attached hydrogens (tertiary/aromatic N) is 2. The Hall–Kier alpha value is -0.860. The van der Waals surface area contributed by atoms with E-state index >= 15 is 0 Å². The van der Waals surface area contributed by atoms with Gasteiger partial charge in [-0.05, 0) is 37.3 Å². The number of benzene rings is 1. The number of aliphatic imine (C=N–C) groups is 1. The van der Waals surface area contributed by atoms with Crippen LogP contribution in [-0.2, 0) is 15.9 Å². The van der Waals surface area contributed by atoms with Gasteiger partial charge in [-0.25, -0.2) is 0 Å². The minimum absolute atomic E-state index is 0. The molecule has 1 unspecified atom stereocenters. The van der Waals surface area contributed by atoms with Crippen LogP contribution in [0.25, 0.3) is 0 Å². The second-order valence-corrected chi connectivity index (χ2v) is 6.07. The van der Waals surface area contributed by atoms with E-state index < -0.39 is 0 Å². The summed E-state index contributed by atoms with van der Waals surface area (Å²) >= 11 is 0. The van der Waals surface area contributed by atoms with Crippen molar-refractivity contribution in [3.05, 3.63) is 29.8 Å². The molecule has 1 atom stereocenters. The van der Waals surface area contributed by atoms with Crippen molar-refractivity contribution in [1.82, 2.24) is 5.32 Å². The fourth-order valence-electron chi connectivity index (χ4n) is 3.22. The van der Waals surface area contributed by atoms with Crippen LogP contribution in [-0.4, -0.2) is 52.0 Å². The zero-order valence-corrected chi connectivity index (χ0v) is 16.7. The van der Waals surface area contributed by atoms with Gasteiger partial charge in [0.25, 0.3) is 0 Å². The molecule has 2 aliphatic heterocycles. The molecule has 1 N–H and O–H groups in total. The van der Waals surface area contributed by atoms with Crippen molar-refractivity contribution in [3.8, 4) is 0 Å². The number of nitrogens with one attached hydrogen (secondary N) is 1. The molecular formula is C18H28IN3O2. The van der Waals surface area contributed by atoms with E-state index in [2.05, 4.69) is 39.5 Å². The van der Waals surface area contributed by atoms with Crippen molar-refractivity contribution in [2.45, 2.75) is 31.8 Å². The molecule has 1 aromatic carbocycles. The maximum atomic E-state index is 5.70. The number of rotatable bonds is 6. The summed E-state index contributed by atoms with van der Waals surface area (Å²) in [6.45, 7) is 4.25. The van der Waals surface area contributed by atoms with Crippen molar-refractivity contribution in [2.24, 2.45) is 4.99 Å². The highest BCUT2D eigenvalue weighted by atomic mass is 127. The van der Waals surface area contributed by atoms with Crippen LogP contribution in [0.1, 0.15) is 24.8 Å². The van der Waals surface area contributed by atoms with Gasteiger partial charge in [0.05, 0.1) is 12.7 Å². The van der Waals surface area contributed by atoms with Gasteiger partial charge >= 0.3 is 0 Å². The highest BCUT2D eigenvalue weighted by Gasteiger charge is 2.22. The number of ether oxygens (including phenoxy) is 2. The first-order valence-corrected chi connectivity index (χ1v) is 8.64. The average molecular weight is 445 g/mol. The fraction of sp³-hybridized carbons (Fsp3) is 0.611. The van der Waals surface area contributed by atoms with Crippen LogP contribution in [0.4, 0.5) is 5.69 Å². The molecule has 1 aromatic rings. The summed E-state index contributed by atoms with van der Waals surface area (Å²) in [5.41, 5.74) is 2.67. The Labute approximate surface area is 161 Å². The molecule has 134 valence electrons. The van der Waals surface area contributed by atoms with E-state index in [-0.39, 0.29) is 24.0 Å². The van der Waals surface area contributed by atoms with E-state index in [9.17, 15) is 0 Å². The fourth-order valence-corrected chi connectivity index (χ4v) is 3.22. The van der Waals surface area contributed by atoms with Gasteiger partial charge in [-0.15, -0.1) is 24.0 Å². The lowest BCUT2D eigenvalue weighted by Crippen LogP contribution is -2.41. The summed E-state index contributed by atoms with van der Waals surface area (Å²) in [6.07, 6.45) is 4.68. The molecule has 1 saturated heterocycles. The normalized spacial score (nSPS) is 20.0. The maximum absolute atomic E-state index is 5.70. The molecule has 24 heavy (non-hydrogen) atoms. The minimum Gasteiger partial charge on any atom is -0.379 e. The molecule has 2 heterocycles. The minimum atomic E-state index is 0. The monoisotopic (exact) mass is 445 g/mol. The molecule has 0 aromatic heterocycles. The predicted octanol–water partition coefficient (Wildman–Crippen LogP) is 2.83. The molecule has 1 fully saturated rings. The molecule has 0 amide bonds. The van der Waals surface area contributed by atoms with Gasteiger partial charge in [0.1, 0.15) is 0 Å². The standard InChI is InChI=1S/C18H27N3O2.HI/c1-19-18(21-11-9-15-6-2-3-8-17(15)21)20-10-5-12-22-14-16-7-4-13-23-16;/h2-3,6,8,16H,4-5,7,9-14H2,1H3,(H,19,20);1H. The molecule has 6 heteroatoms. The molecule has 5 nitrogen and oxygen atoms in total. The first-order valence-electron chi connectivity index (χ1n) is 8.64. The third kappa shape index (κ3) is 5.07. The Morgan fingerprint density at radius 3 is 3.08 bits per heavy atom. The van der Waals surface area contributed by atoms with Crippen LogP contribution < -0.4 is 10.2 Å². The van der Waals surface area contributed by atoms with Gasteiger partial charge in [-0.1, -0.05) is 18.2 Å². The molecule has 0 radical (unpaired) electrons. The van der Waals surface area contributed by atoms with Gasteiger partial charge in [0.2, 0.25) is 0 Å². The zero-order valence-electron chi connectivity index (χ0n) is 14.4. The molecule has 0 bridgehead atoms. The van der Waals surface area contributed by atoms with E-state index in [1.54, 1.807) is 0 Å². The highest BCUT2D eigenvalue weighted by Crippen LogP contribution is 2.27. The Kier molecular flexibility index (Phi) is 8.28. The van der Waals surface area contributed by atoms with Crippen LogP contribution in [0.2, 0.25) is 0 Å². The molecule has 3 rings (SSSR count). The van der Waals surface area contributed by atoms with Crippen molar-refractivity contribution in [1.29, 1.82) is 0 Å². The van der Waals surface area contributed by atoms with Crippen molar-refractivity contribution >= 4 is 35.6 Å². The van der Waals surface area contributed by atoms with Gasteiger partial charge in [0, 0.05) is 39.0 Å². The number of fused-ring (bicyclic) bond motifs is 1. The first kappa shape index (κ1) is 19.5. The average Bonchev–Trinajstić information content (AvgIpc) is 3.24. The number of halogens is 1. The van der Waals surface area contributed by atoms with E-state index in [0.29, 0.717) is 6.10 Å². The number of hydrogen-bond donors (Lipinski definition) is 1. The third-order valence-electron chi connectivity index (χ3n) is 4.43. The summed E-state index contributed by atoms with van der Waals surface area (Å²) in [4.78, 5) is 6.69. The van der Waals surface area contributed by atoms with Gasteiger partial charge < -0.3 is 19.7 Å². The first-order chi connectivity index (χ1) is 11.4. The van der Waals surface area contributed by atoms with E-state index in [0.717, 1.165) is 58.1 Å². The Balaban J connectivity index is 0.00000208. The SMILES string of the molecule is CN=C(NCCCOCC1CCCO1)N1CCc2ccccc21.I. The molecule has 2 aliphatic rings. The van der Waals surface area contributed by atoms with Gasteiger partial charge in [-0.2, -0.15) is 0 Å². The van der Waals surface area contributed by atoms with E-state index in [1.807, 2.05) is 7.05 Å². The molecular weight excluding hydrogens is 417 g/mol. The smallest absolute Gasteiger partial charge is 0.198 e. The zero-order chi connectivity index (χ0) is 15.9. The summed E-state index contributed by atoms with van der Waals surface area (Å²) in [5, 5.41) is 3.45. The lowest BCUT2D eigenvalue weighted by atomic mass is 10.2. The highest BCUT2D eigenvalue weighted by molar-refractivity contribution is 14.0. The van der Waals surface area contributed by atoms with Crippen LogP contribution >= 0.6 is 24.0 Å². The van der Waals surface area contributed by atoms with Crippen molar-refractivity contribution in [3.63, 3.8) is 0 Å². The molecule has 0 spiro atoms. The number of anilines is 1. The molecule has 0 saturated carbocycles. The number of para-hydroxylation sites is 1. The Morgan fingerprint density at radius 1 is 1.42 bits per heavy atom. The largest absolute Gasteiger partial charge is 0.379 e. The van der Waals surface area contributed by atoms with Crippen LogP contribution in [0.15, 0.2) is 29.3 Å². The number of hydrogen-bond acceptors (Lipinski definition) is 3. The second-order valence-electron chi connectivity index (χ2n) is 6.07. The van der Waals surface area contributed by atoms with Gasteiger partial charge in [0.15, 0.2) is 5.96 Å². The van der Waals surface area contributed by atoms with Crippen LogP contribution in [0, 0.1) is 0 Å². The maximum Gasteiger partial charge on any atom is 0.198 e. The summed E-state index contributed by atoms with van der Waals surface area (Å²) in [6, 6.07) is 8.55. The van der Waals surface area contributed by atoms with E-state index in [1.165, 1.54) is 17.7 Å². The van der Waals surface area contributed by atoms with Crippen molar-refractivity contribution in [2.75, 3.05) is 44.9 Å². The van der Waals surface area contributed by atoms with Crippen LogP contribution in [0.5, 0.6) is 0 Å². The lowest BCUT2D eigenvalue weighted by molar-refractivity contribution is 0.0168. The van der Waals surface area contributed by atoms with Gasteiger partial charge in [-0.3, -0.25) is 4.99 Å². The predicted molar refractivity (Wildman–Crippen MR) is 109 cm³/mol. The topological polar surface area (TPSA) is 46.1 Å². The second kappa shape index (κ2) is 10.2. The summed E-state index contributed by atoms with van der Waals surface area (Å²) in [5.74, 6) is 0.953. The number of guanidine groups is 1. The quantitative estimate of drug-likeness (QED) is 0.317.